The number of pyridine rings is 2. The van der Waals surface area contributed by atoms with E-state index < -0.39 is 0 Å². The first kappa shape index (κ1) is 21.8. The van der Waals surface area contributed by atoms with Crippen LogP contribution in [-0.4, -0.2) is 46.5 Å². The third-order valence-electron chi connectivity index (χ3n) is 6.09. The largest absolute Gasteiger partial charge is 0.322 e. The molecule has 3 heterocycles. The first-order valence-electron chi connectivity index (χ1n) is 10.4. The van der Waals surface area contributed by atoms with Crippen molar-refractivity contribution in [2.75, 3.05) is 24.5 Å². The summed E-state index contributed by atoms with van der Waals surface area (Å²) >= 11 is 0. The van der Waals surface area contributed by atoms with Gasteiger partial charge in [0.15, 0.2) is 0 Å². The van der Waals surface area contributed by atoms with Gasteiger partial charge in [-0.1, -0.05) is 6.08 Å². The number of nitriles is 1. The molecule has 0 saturated carbocycles. The van der Waals surface area contributed by atoms with Crippen LogP contribution < -0.4 is 10.5 Å². The molecule has 1 aliphatic heterocycles. The molecule has 1 aromatic carbocycles. The lowest BCUT2D eigenvalue weighted by Gasteiger charge is -2.37. The van der Waals surface area contributed by atoms with Crippen molar-refractivity contribution in [3.05, 3.63) is 76.3 Å². The highest BCUT2D eigenvalue weighted by Crippen LogP contribution is 2.31. The number of nitrogens with zero attached hydrogens (tertiary/aromatic N) is 4. The number of H-pyrrole nitrogens is 1. The number of aromatic nitrogens is 2. The average molecular weight is 448 g/mol. The summed E-state index contributed by atoms with van der Waals surface area (Å²) < 4.78 is 0. The Morgan fingerprint density at radius 2 is 1.94 bits per heavy atom. The van der Waals surface area contributed by atoms with Gasteiger partial charge in [0.2, 0.25) is 5.91 Å². The van der Waals surface area contributed by atoms with Crippen molar-refractivity contribution in [2.24, 2.45) is 0 Å². The number of hydrogen-bond donors (Lipinski definition) is 1. The fourth-order valence-corrected chi connectivity index (χ4v) is 4.44. The zero-order valence-corrected chi connectivity index (χ0v) is 18.1. The Labute approximate surface area is 191 Å². The minimum atomic E-state index is -0.129. The Balaban J connectivity index is 0.00000245. The third-order valence-corrected chi connectivity index (χ3v) is 6.09. The van der Waals surface area contributed by atoms with E-state index in [1.54, 1.807) is 35.4 Å². The van der Waals surface area contributed by atoms with Gasteiger partial charge >= 0.3 is 0 Å². The number of amides is 1. The van der Waals surface area contributed by atoms with Gasteiger partial charge in [0.25, 0.3) is 5.56 Å². The molecule has 3 aromatic rings. The molecule has 5 rings (SSSR count). The molecule has 0 unspecified atom stereocenters. The van der Waals surface area contributed by atoms with Gasteiger partial charge in [-0.3, -0.25) is 19.5 Å². The predicted molar refractivity (Wildman–Crippen MR) is 126 cm³/mol. The number of rotatable bonds is 3. The van der Waals surface area contributed by atoms with E-state index in [0.717, 1.165) is 36.3 Å². The van der Waals surface area contributed by atoms with E-state index in [1.165, 1.54) is 0 Å². The van der Waals surface area contributed by atoms with Gasteiger partial charge in [0, 0.05) is 36.7 Å². The Kier molecular flexibility index (Phi) is 6.08. The van der Waals surface area contributed by atoms with Crippen molar-refractivity contribution < 1.29 is 4.79 Å². The molecular weight excluding hydrogens is 426 g/mol. The Hall–Kier alpha value is -3.47. The summed E-state index contributed by atoms with van der Waals surface area (Å²) in [6, 6.07) is 14.9. The molecule has 8 heteroatoms. The molecule has 1 N–H and O–H groups in total. The zero-order valence-electron chi connectivity index (χ0n) is 17.3. The quantitative estimate of drug-likeness (QED) is 0.665. The smallest absolute Gasteiger partial charge is 0.257 e. The number of nitrogens with one attached hydrogen (secondary N) is 1. The highest BCUT2D eigenvalue weighted by Gasteiger charge is 2.31. The third kappa shape index (κ3) is 4.03. The van der Waals surface area contributed by atoms with Gasteiger partial charge in [0.1, 0.15) is 0 Å². The number of benzene rings is 1. The Morgan fingerprint density at radius 1 is 1.12 bits per heavy atom. The van der Waals surface area contributed by atoms with Gasteiger partial charge in [-0.15, -0.1) is 12.4 Å². The molecule has 0 bridgehead atoms. The van der Waals surface area contributed by atoms with Crippen molar-refractivity contribution >= 4 is 40.5 Å². The van der Waals surface area contributed by atoms with Crippen molar-refractivity contribution in [3.8, 4) is 6.07 Å². The maximum absolute atomic E-state index is 12.8. The highest BCUT2D eigenvalue weighted by molar-refractivity contribution is 5.95. The van der Waals surface area contributed by atoms with E-state index in [1.807, 2.05) is 18.2 Å². The summed E-state index contributed by atoms with van der Waals surface area (Å²) in [7, 11) is 0. The highest BCUT2D eigenvalue weighted by atomic mass is 35.5. The van der Waals surface area contributed by atoms with E-state index >= 15 is 0 Å². The Morgan fingerprint density at radius 3 is 2.69 bits per heavy atom. The van der Waals surface area contributed by atoms with Crippen LogP contribution in [0.15, 0.2) is 59.5 Å². The number of carbonyl (C=O) groups is 1. The predicted octanol–water partition coefficient (Wildman–Crippen LogP) is 3.11. The van der Waals surface area contributed by atoms with Crippen molar-refractivity contribution in [1.82, 2.24) is 14.9 Å². The molecule has 162 valence electrons. The number of halogens is 1. The standard InChI is InChI=1S/C24H21N5O2.ClH/c25-14-16-3-6-18(7-4-16)29-11-10-28(15-23(29)30)19-8-5-17(12-19)21-13-22-20(24(31)27-21)2-1-9-26-22;/h1-4,6-7,9,12-13,19H,5,8,10-11,15H2,(H,27,31);1H/t19-;/m1./s1. The zero-order chi connectivity index (χ0) is 21.4. The molecule has 2 aliphatic rings. The normalized spacial score (nSPS) is 18.8. The minimum Gasteiger partial charge on any atom is -0.322 e. The van der Waals surface area contributed by atoms with Crippen LogP contribution in [0.4, 0.5) is 5.69 Å². The van der Waals surface area contributed by atoms with Crippen LogP contribution in [0.1, 0.15) is 24.1 Å². The summed E-state index contributed by atoms with van der Waals surface area (Å²) in [4.78, 5) is 36.5. The summed E-state index contributed by atoms with van der Waals surface area (Å²) in [5, 5.41) is 9.54. The molecule has 0 radical (unpaired) electrons. The van der Waals surface area contributed by atoms with E-state index in [9.17, 15) is 9.59 Å². The van der Waals surface area contributed by atoms with E-state index in [4.69, 9.17) is 5.26 Å². The van der Waals surface area contributed by atoms with Crippen LogP contribution in [0.2, 0.25) is 0 Å². The monoisotopic (exact) mass is 447 g/mol. The van der Waals surface area contributed by atoms with Crippen molar-refractivity contribution in [3.63, 3.8) is 0 Å². The number of carbonyl (C=O) groups excluding carboxylic acids is 1. The molecular formula is C24H22ClN5O2. The maximum Gasteiger partial charge on any atom is 0.257 e. The van der Waals surface area contributed by atoms with Gasteiger partial charge in [-0.25, -0.2) is 0 Å². The second kappa shape index (κ2) is 8.95. The first-order valence-corrected chi connectivity index (χ1v) is 10.4. The molecule has 1 saturated heterocycles. The number of anilines is 1. The van der Waals surface area contributed by atoms with Crippen LogP contribution in [-0.2, 0) is 4.79 Å². The number of aromatic amines is 1. The van der Waals surface area contributed by atoms with E-state index in [0.29, 0.717) is 29.6 Å². The summed E-state index contributed by atoms with van der Waals surface area (Å²) in [5.41, 5.74) is 3.87. The molecule has 0 spiro atoms. The number of allylic oxidation sites excluding steroid dienone is 1. The summed E-state index contributed by atoms with van der Waals surface area (Å²) in [5.74, 6) is 0.0566. The minimum absolute atomic E-state index is 0. The van der Waals surface area contributed by atoms with Crippen molar-refractivity contribution in [2.45, 2.75) is 18.9 Å². The topological polar surface area (TPSA) is 93.1 Å². The Bertz CT molecular complexity index is 1290. The second-order valence-electron chi connectivity index (χ2n) is 7.92. The van der Waals surface area contributed by atoms with Gasteiger partial charge in [-0.05, 0) is 60.9 Å². The molecule has 7 nitrogen and oxygen atoms in total. The molecule has 1 aliphatic carbocycles. The first-order chi connectivity index (χ1) is 15.1. The second-order valence-corrected chi connectivity index (χ2v) is 7.92. The summed E-state index contributed by atoms with van der Waals surface area (Å²) in [6.07, 6.45) is 5.63. The van der Waals surface area contributed by atoms with Crippen LogP contribution in [0.3, 0.4) is 0 Å². The maximum atomic E-state index is 12.8. The molecule has 2 aromatic heterocycles. The molecule has 1 amide bonds. The van der Waals surface area contributed by atoms with E-state index in [-0.39, 0.29) is 29.9 Å². The van der Waals surface area contributed by atoms with Crippen LogP contribution in [0, 0.1) is 11.3 Å². The van der Waals surface area contributed by atoms with Crippen LogP contribution in [0.5, 0.6) is 0 Å². The number of hydrogen-bond acceptors (Lipinski definition) is 5. The van der Waals surface area contributed by atoms with Crippen molar-refractivity contribution in [1.29, 1.82) is 5.26 Å². The fourth-order valence-electron chi connectivity index (χ4n) is 4.44. The lowest BCUT2D eigenvalue weighted by atomic mass is 10.1. The lowest BCUT2D eigenvalue weighted by molar-refractivity contribution is -0.121. The van der Waals surface area contributed by atoms with E-state index in [2.05, 4.69) is 27.0 Å². The summed E-state index contributed by atoms with van der Waals surface area (Å²) in [6.45, 7) is 1.74. The molecule has 1 fully saturated rings. The van der Waals surface area contributed by atoms with Crippen LogP contribution >= 0.6 is 12.4 Å². The molecule has 32 heavy (non-hydrogen) atoms. The average Bonchev–Trinajstić information content (AvgIpc) is 3.30. The number of fused-ring (bicyclic) bond motifs is 1. The molecule has 1 atom stereocenters. The van der Waals surface area contributed by atoms with Crippen LogP contribution in [0.25, 0.3) is 16.5 Å². The number of piperazine rings is 1. The van der Waals surface area contributed by atoms with Gasteiger partial charge < -0.3 is 9.88 Å². The van der Waals surface area contributed by atoms with Gasteiger partial charge in [0.05, 0.1) is 29.1 Å². The van der Waals surface area contributed by atoms with Gasteiger partial charge in [-0.2, -0.15) is 5.26 Å². The SMILES string of the molecule is Cl.N#Cc1ccc(N2CCN([C@H]3C=C(c4cc5ncccc5c(=O)[nH]4)CC3)CC2=O)cc1. The lowest BCUT2D eigenvalue weighted by Crippen LogP contribution is -2.53. The fraction of sp³-hybridized carbons (Fsp3) is 0.250.